The second-order valence-corrected chi connectivity index (χ2v) is 6.54. The summed E-state index contributed by atoms with van der Waals surface area (Å²) in [7, 11) is 0. The number of rotatable bonds is 6. The zero-order valence-electron chi connectivity index (χ0n) is 16.2. The summed E-state index contributed by atoms with van der Waals surface area (Å²) in [5.41, 5.74) is 1.58. The lowest BCUT2D eigenvalue weighted by molar-refractivity contribution is -0.119. The molecule has 0 aliphatic heterocycles. The van der Waals surface area contributed by atoms with E-state index in [4.69, 9.17) is 4.74 Å². The monoisotopic (exact) mass is 377 g/mol. The van der Waals surface area contributed by atoms with Crippen molar-refractivity contribution in [2.24, 2.45) is 0 Å². The van der Waals surface area contributed by atoms with E-state index in [2.05, 4.69) is 10.3 Å². The third kappa shape index (κ3) is 4.46. The van der Waals surface area contributed by atoms with Crippen molar-refractivity contribution in [1.29, 1.82) is 0 Å². The smallest absolute Gasteiger partial charge is 0.348 e. The van der Waals surface area contributed by atoms with Gasteiger partial charge in [-0.25, -0.2) is 4.79 Å². The van der Waals surface area contributed by atoms with E-state index in [-0.39, 0.29) is 5.91 Å². The number of hydrogen-bond acceptors (Lipinski definition) is 4. The summed E-state index contributed by atoms with van der Waals surface area (Å²) in [6.45, 7) is 5.44. The van der Waals surface area contributed by atoms with Crippen LogP contribution in [0.2, 0.25) is 0 Å². The van der Waals surface area contributed by atoms with Gasteiger partial charge < -0.3 is 10.1 Å². The Bertz CT molecular complexity index is 1010. The molecule has 0 spiro atoms. The van der Waals surface area contributed by atoms with Crippen LogP contribution in [-0.4, -0.2) is 15.5 Å². The fourth-order valence-electron chi connectivity index (χ4n) is 3.08. The number of hydrogen-bond donors (Lipinski definition) is 1. The Balaban J connectivity index is 1.74. The molecule has 144 valence electrons. The Morgan fingerprint density at radius 1 is 1.07 bits per heavy atom. The molecular formula is C22H23N3O3. The highest BCUT2D eigenvalue weighted by Crippen LogP contribution is 2.23. The van der Waals surface area contributed by atoms with Crippen LogP contribution in [0.15, 0.2) is 65.5 Å². The van der Waals surface area contributed by atoms with Crippen LogP contribution >= 0.6 is 0 Å². The Hall–Kier alpha value is -3.41. The van der Waals surface area contributed by atoms with Crippen LogP contribution in [0.1, 0.15) is 30.8 Å². The van der Waals surface area contributed by atoms with Gasteiger partial charge in [-0.1, -0.05) is 25.1 Å². The van der Waals surface area contributed by atoms with Gasteiger partial charge in [-0.2, -0.15) is 4.98 Å². The number of carbonyl (C=O) groups excluding carboxylic acids is 1. The lowest BCUT2D eigenvalue weighted by atomic mass is 10.1. The fourth-order valence-corrected chi connectivity index (χ4v) is 3.08. The minimum absolute atomic E-state index is 0.255. The van der Waals surface area contributed by atoms with E-state index < -0.39 is 11.7 Å². The van der Waals surface area contributed by atoms with Gasteiger partial charge in [0.25, 0.3) is 0 Å². The minimum atomic E-state index is -0.624. The molecule has 0 bridgehead atoms. The van der Waals surface area contributed by atoms with Gasteiger partial charge in [0, 0.05) is 17.1 Å². The Morgan fingerprint density at radius 3 is 2.32 bits per heavy atom. The van der Waals surface area contributed by atoms with Crippen molar-refractivity contribution in [2.75, 3.05) is 5.32 Å². The lowest BCUT2D eigenvalue weighted by Crippen LogP contribution is -2.36. The molecule has 0 aliphatic rings. The number of anilines is 1. The second-order valence-electron chi connectivity index (χ2n) is 6.54. The summed E-state index contributed by atoms with van der Waals surface area (Å²) in [4.78, 5) is 29.0. The first-order chi connectivity index (χ1) is 13.5. The highest BCUT2D eigenvalue weighted by Gasteiger charge is 2.22. The molecule has 0 radical (unpaired) electrons. The summed E-state index contributed by atoms with van der Waals surface area (Å²) < 4.78 is 7.19. The predicted molar refractivity (Wildman–Crippen MR) is 109 cm³/mol. The van der Waals surface area contributed by atoms with Gasteiger partial charge in [0.2, 0.25) is 5.91 Å². The van der Waals surface area contributed by atoms with E-state index >= 15 is 0 Å². The number of carbonyl (C=O) groups is 1. The van der Waals surface area contributed by atoms with Crippen molar-refractivity contribution < 1.29 is 9.53 Å². The van der Waals surface area contributed by atoms with Crippen LogP contribution in [-0.2, 0) is 4.79 Å². The Labute approximate surface area is 163 Å². The molecule has 1 aromatic heterocycles. The zero-order chi connectivity index (χ0) is 20.1. The topological polar surface area (TPSA) is 73.2 Å². The zero-order valence-corrected chi connectivity index (χ0v) is 16.2. The van der Waals surface area contributed by atoms with E-state index in [0.717, 1.165) is 5.75 Å². The van der Waals surface area contributed by atoms with E-state index in [0.29, 0.717) is 29.2 Å². The largest absolute Gasteiger partial charge is 0.457 e. The molecule has 28 heavy (non-hydrogen) atoms. The van der Waals surface area contributed by atoms with Gasteiger partial charge in [-0.3, -0.25) is 9.36 Å². The van der Waals surface area contributed by atoms with Crippen molar-refractivity contribution in [1.82, 2.24) is 9.55 Å². The first kappa shape index (κ1) is 19.4. The first-order valence-electron chi connectivity index (χ1n) is 9.18. The third-order valence-electron chi connectivity index (χ3n) is 4.38. The lowest BCUT2D eigenvalue weighted by Gasteiger charge is -2.20. The van der Waals surface area contributed by atoms with Crippen molar-refractivity contribution >= 4 is 11.6 Å². The maximum Gasteiger partial charge on any atom is 0.348 e. The molecule has 0 aliphatic carbocycles. The molecule has 1 unspecified atom stereocenters. The van der Waals surface area contributed by atoms with E-state index in [1.807, 2.05) is 44.2 Å². The summed E-state index contributed by atoms with van der Waals surface area (Å²) in [5.74, 6) is 1.16. The maximum atomic E-state index is 12.8. The molecule has 3 rings (SSSR count). The molecule has 1 N–H and O–H groups in total. The number of ether oxygens (including phenoxy) is 1. The van der Waals surface area contributed by atoms with Crippen LogP contribution in [0.5, 0.6) is 11.5 Å². The van der Waals surface area contributed by atoms with E-state index in [1.54, 1.807) is 37.3 Å². The third-order valence-corrected chi connectivity index (χ3v) is 4.38. The van der Waals surface area contributed by atoms with Crippen LogP contribution in [0.3, 0.4) is 0 Å². The molecule has 3 aromatic rings. The molecule has 1 heterocycles. The van der Waals surface area contributed by atoms with Crippen molar-refractivity contribution in [2.45, 2.75) is 33.2 Å². The van der Waals surface area contributed by atoms with Crippen molar-refractivity contribution in [3.05, 3.63) is 82.5 Å². The quantitative estimate of drug-likeness (QED) is 0.697. The number of amides is 1. The molecule has 1 amide bonds. The summed E-state index contributed by atoms with van der Waals surface area (Å²) >= 11 is 0. The van der Waals surface area contributed by atoms with Gasteiger partial charge in [-0.15, -0.1) is 0 Å². The summed E-state index contributed by atoms with van der Waals surface area (Å²) in [6.07, 6.45) is 0.479. The second kappa shape index (κ2) is 8.52. The number of para-hydroxylation sites is 1. The van der Waals surface area contributed by atoms with Gasteiger partial charge in [0.1, 0.15) is 17.5 Å². The minimum Gasteiger partial charge on any atom is -0.457 e. The molecule has 6 nitrogen and oxygen atoms in total. The molecule has 6 heteroatoms. The fraction of sp³-hybridized carbons (Fsp3) is 0.227. The summed E-state index contributed by atoms with van der Waals surface area (Å²) in [5, 5.41) is 2.87. The van der Waals surface area contributed by atoms with Crippen LogP contribution < -0.4 is 15.7 Å². The molecular weight excluding hydrogens is 354 g/mol. The van der Waals surface area contributed by atoms with E-state index in [9.17, 15) is 9.59 Å². The highest BCUT2D eigenvalue weighted by molar-refractivity contribution is 5.93. The molecule has 0 saturated carbocycles. The van der Waals surface area contributed by atoms with Crippen molar-refractivity contribution in [3.8, 4) is 11.5 Å². The van der Waals surface area contributed by atoms with Crippen molar-refractivity contribution in [3.63, 3.8) is 0 Å². The van der Waals surface area contributed by atoms with E-state index in [1.165, 1.54) is 4.57 Å². The average molecular weight is 377 g/mol. The number of nitrogens with one attached hydrogen (secondary N) is 1. The molecule has 0 fully saturated rings. The predicted octanol–water partition coefficient (Wildman–Crippen LogP) is 4.24. The highest BCUT2D eigenvalue weighted by atomic mass is 16.5. The number of nitrogens with zero attached hydrogens (tertiary/aromatic N) is 2. The Kier molecular flexibility index (Phi) is 5.89. The van der Waals surface area contributed by atoms with Gasteiger partial charge >= 0.3 is 5.69 Å². The van der Waals surface area contributed by atoms with Gasteiger partial charge in [0.15, 0.2) is 0 Å². The van der Waals surface area contributed by atoms with Crippen LogP contribution in [0, 0.1) is 13.8 Å². The van der Waals surface area contributed by atoms with Crippen LogP contribution in [0.4, 0.5) is 5.69 Å². The average Bonchev–Trinajstić information content (AvgIpc) is 2.67. The standard InChI is InChI=1S/C22H23N3O3/c1-4-20(25-16(3)14-15(2)23-22(25)27)21(26)24-17-10-12-19(13-11-17)28-18-8-6-5-7-9-18/h5-14,20H,4H2,1-3H3,(H,24,26). The number of aryl methyl sites for hydroxylation is 2. The van der Waals surface area contributed by atoms with Gasteiger partial charge in [-0.05, 0) is 62.7 Å². The molecule has 2 aromatic carbocycles. The first-order valence-corrected chi connectivity index (χ1v) is 9.18. The summed E-state index contributed by atoms with van der Waals surface area (Å²) in [6, 6.07) is 17.8. The SMILES string of the molecule is CCC(C(=O)Nc1ccc(Oc2ccccc2)cc1)n1c(C)cc(C)nc1=O. The number of benzene rings is 2. The normalized spacial score (nSPS) is 11.7. The number of aromatic nitrogens is 2. The molecule has 0 saturated heterocycles. The van der Waals surface area contributed by atoms with Gasteiger partial charge in [0.05, 0.1) is 0 Å². The maximum absolute atomic E-state index is 12.8. The Morgan fingerprint density at radius 2 is 1.71 bits per heavy atom. The van der Waals surface area contributed by atoms with Crippen LogP contribution in [0.25, 0.3) is 0 Å². The molecule has 1 atom stereocenters.